The van der Waals surface area contributed by atoms with Gasteiger partial charge in [0.05, 0.1) is 12.6 Å². The Balaban J connectivity index is 1.80. The molecule has 2 rings (SSSR count). The molecule has 0 unspecified atom stereocenters. The molecule has 22 heavy (non-hydrogen) atoms. The minimum atomic E-state index is -0.269. The minimum Gasteiger partial charge on any atom is -0.508 e. The van der Waals surface area contributed by atoms with E-state index in [1.165, 1.54) is 0 Å². The first kappa shape index (κ1) is 16.0. The van der Waals surface area contributed by atoms with Gasteiger partial charge in [-0.1, -0.05) is 42.5 Å². The highest BCUT2D eigenvalue weighted by Gasteiger charge is 2.12. The Hall–Kier alpha value is -2.33. The van der Waals surface area contributed by atoms with Crippen LogP contribution in [-0.4, -0.2) is 28.8 Å². The molecule has 0 radical (unpaired) electrons. The summed E-state index contributed by atoms with van der Waals surface area (Å²) < 4.78 is 0. The third-order valence-corrected chi connectivity index (χ3v) is 3.49. The van der Waals surface area contributed by atoms with Crippen LogP contribution in [0.1, 0.15) is 17.5 Å². The molecule has 0 aliphatic heterocycles. The number of rotatable bonds is 7. The molecule has 2 aromatic carbocycles. The average Bonchev–Trinajstić information content (AvgIpc) is 2.54. The lowest BCUT2D eigenvalue weighted by atomic mass is 10.1. The van der Waals surface area contributed by atoms with E-state index in [1.54, 1.807) is 24.3 Å². The summed E-state index contributed by atoms with van der Waals surface area (Å²) in [7, 11) is 0. The van der Waals surface area contributed by atoms with E-state index in [0.29, 0.717) is 19.3 Å². The Morgan fingerprint density at radius 1 is 1.00 bits per heavy atom. The fraction of sp³-hybridized carbons (Fsp3) is 0.278. The summed E-state index contributed by atoms with van der Waals surface area (Å²) in [5, 5.41) is 21.5. The standard InChI is InChI=1S/C18H21NO3/c20-13-16(12-15-4-2-1-3-5-15)19-18(22)11-8-14-6-9-17(21)10-7-14/h1-7,9-10,16,20-21H,8,11-13H2,(H,19,22)/t16-/m1/s1. The van der Waals surface area contributed by atoms with Crippen molar-refractivity contribution in [3.8, 4) is 5.75 Å². The van der Waals surface area contributed by atoms with Gasteiger partial charge in [0.25, 0.3) is 0 Å². The molecule has 0 fully saturated rings. The molecule has 0 saturated carbocycles. The second kappa shape index (κ2) is 8.20. The smallest absolute Gasteiger partial charge is 0.220 e. The van der Waals surface area contributed by atoms with E-state index in [2.05, 4.69) is 5.32 Å². The molecule has 3 N–H and O–H groups in total. The SMILES string of the molecule is O=C(CCc1ccc(O)cc1)N[C@@H](CO)Cc1ccccc1. The number of carbonyl (C=O) groups excluding carboxylic acids is 1. The predicted molar refractivity (Wildman–Crippen MR) is 85.6 cm³/mol. The first-order chi connectivity index (χ1) is 10.7. The van der Waals surface area contributed by atoms with Gasteiger partial charge >= 0.3 is 0 Å². The van der Waals surface area contributed by atoms with Crippen LogP contribution in [0.15, 0.2) is 54.6 Å². The molecule has 0 aliphatic carbocycles. The van der Waals surface area contributed by atoms with E-state index in [1.807, 2.05) is 30.3 Å². The zero-order valence-electron chi connectivity index (χ0n) is 12.4. The highest BCUT2D eigenvalue weighted by molar-refractivity contribution is 5.76. The molecule has 1 atom stereocenters. The van der Waals surface area contributed by atoms with E-state index >= 15 is 0 Å². The van der Waals surface area contributed by atoms with Crippen molar-refractivity contribution < 1.29 is 15.0 Å². The van der Waals surface area contributed by atoms with Gasteiger partial charge in [-0.25, -0.2) is 0 Å². The molecule has 4 heteroatoms. The van der Waals surface area contributed by atoms with Gasteiger partial charge in [-0.3, -0.25) is 4.79 Å². The number of carbonyl (C=O) groups is 1. The average molecular weight is 299 g/mol. The summed E-state index contributed by atoms with van der Waals surface area (Å²) in [6.07, 6.45) is 1.58. The number of hydrogen-bond acceptors (Lipinski definition) is 3. The molecule has 0 bridgehead atoms. The van der Waals surface area contributed by atoms with E-state index in [0.717, 1.165) is 11.1 Å². The van der Waals surface area contributed by atoms with Crippen molar-refractivity contribution in [1.29, 1.82) is 0 Å². The zero-order chi connectivity index (χ0) is 15.8. The largest absolute Gasteiger partial charge is 0.508 e. The Morgan fingerprint density at radius 2 is 1.68 bits per heavy atom. The van der Waals surface area contributed by atoms with Crippen molar-refractivity contribution in [2.75, 3.05) is 6.61 Å². The lowest BCUT2D eigenvalue weighted by Gasteiger charge is -2.16. The van der Waals surface area contributed by atoms with Crippen molar-refractivity contribution in [1.82, 2.24) is 5.32 Å². The first-order valence-corrected chi connectivity index (χ1v) is 7.39. The number of aryl methyl sites for hydroxylation is 1. The van der Waals surface area contributed by atoms with Gasteiger partial charge in [0.2, 0.25) is 5.91 Å². The van der Waals surface area contributed by atoms with Gasteiger partial charge in [-0.15, -0.1) is 0 Å². The predicted octanol–water partition coefficient (Wildman–Crippen LogP) is 2.04. The van der Waals surface area contributed by atoms with Crippen molar-refractivity contribution in [3.63, 3.8) is 0 Å². The van der Waals surface area contributed by atoms with Crippen LogP contribution in [0.3, 0.4) is 0 Å². The zero-order valence-corrected chi connectivity index (χ0v) is 12.4. The second-order valence-corrected chi connectivity index (χ2v) is 5.30. The van der Waals surface area contributed by atoms with E-state index in [-0.39, 0.29) is 24.3 Å². The summed E-state index contributed by atoms with van der Waals surface area (Å²) in [6.45, 7) is -0.0835. The molecule has 0 aromatic heterocycles. The maximum absolute atomic E-state index is 12.0. The summed E-state index contributed by atoms with van der Waals surface area (Å²) in [5.74, 6) is 0.138. The topological polar surface area (TPSA) is 69.6 Å². The van der Waals surface area contributed by atoms with Crippen molar-refractivity contribution >= 4 is 5.91 Å². The quantitative estimate of drug-likeness (QED) is 0.733. The van der Waals surface area contributed by atoms with Crippen LogP contribution in [-0.2, 0) is 17.6 Å². The van der Waals surface area contributed by atoms with Crippen molar-refractivity contribution in [3.05, 3.63) is 65.7 Å². The maximum Gasteiger partial charge on any atom is 0.220 e. The lowest BCUT2D eigenvalue weighted by Crippen LogP contribution is -2.39. The van der Waals surface area contributed by atoms with Crippen LogP contribution >= 0.6 is 0 Å². The van der Waals surface area contributed by atoms with Gasteiger partial charge in [0, 0.05) is 6.42 Å². The summed E-state index contributed by atoms with van der Waals surface area (Å²) >= 11 is 0. The molecular formula is C18H21NO3. The molecule has 0 saturated heterocycles. The highest BCUT2D eigenvalue weighted by Crippen LogP contribution is 2.11. The minimum absolute atomic E-state index is 0.0805. The van der Waals surface area contributed by atoms with Gasteiger partial charge in [-0.2, -0.15) is 0 Å². The van der Waals surface area contributed by atoms with Crippen LogP contribution in [0.5, 0.6) is 5.75 Å². The number of benzene rings is 2. The molecule has 116 valence electrons. The third-order valence-electron chi connectivity index (χ3n) is 3.49. The molecule has 4 nitrogen and oxygen atoms in total. The van der Waals surface area contributed by atoms with E-state index in [4.69, 9.17) is 0 Å². The van der Waals surface area contributed by atoms with E-state index in [9.17, 15) is 15.0 Å². The number of phenols is 1. The van der Waals surface area contributed by atoms with Gasteiger partial charge in [-0.05, 0) is 36.1 Å². The number of amides is 1. The van der Waals surface area contributed by atoms with E-state index < -0.39 is 0 Å². The number of aromatic hydroxyl groups is 1. The van der Waals surface area contributed by atoms with Crippen molar-refractivity contribution in [2.24, 2.45) is 0 Å². The molecule has 0 heterocycles. The normalized spacial score (nSPS) is 11.9. The van der Waals surface area contributed by atoms with Crippen LogP contribution in [0.4, 0.5) is 0 Å². The molecule has 2 aromatic rings. The monoisotopic (exact) mass is 299 g/mol. The number of hydrogen-bond donors (Lipinski definition) is 3. The Bertz CT molecular complexity index is 581. The summed E-state index contributed by atoms with van der Waals surface area (Å²) in [6, 6.07) is 16.3. The third kappa shape index (κ3) is 5.22. The summed E-state index contributed by atoms with van der Waals surface area (Å²) in [4.78, 5) is 12.0. The number of aliphatic hydroxyl groups excluding tert-OH is 1. The lowest BCUT2D eigenvalue weighted by molar-refractivity contribution is -0.122. The van der Waals surface area contributed by atoms with Crippen LogP contribution in [0.2, 0.25) is 0 Å². The molecule has 0 spiro atoms. The van der Waals surface area contributed by atoms with Crippen LogP contribution < -0.4 is 5.32 Å². The molecule has 1 amide bonds. The molecular weight excluding hydrogens is 278 g/mol. The van der Waals surface area contributed by atoms with Crippen LogP contribution in [0.25, 0.3) is 0 Å². The Kier molecular flexibility index (Phi) is 5.98. The molecule has 0 aliphatic rings. The fourth-order valence-electron chi connectivity index (χ4n) is 2.28. The van der Waals surface area contributed by atoms with Gasteiger partial charge < -0.3 is 15.5 Å². The number of nitrogens with one attached hydrogen (secondary N) is 1. The van der Waals surface area contributed by atoms with Crippen LogP contribution in [0, 0.1) is 0 Å². The number of aliphatic hydroxyl groups is 1. The second-order valence-electron chi connectivity index (χ2n) is 5.30. The highest BCUT2D eigenvalue weighted by atomic mass is 16.3. The van der Waals surface area contributed by atoms with Gasteiger partial charge in [0.15, 0.2) is 0 Å². The van der Waals surface area contributed by atoms with Crippen molar-refractivity contribution in [2.45, 2.75) is 25.3 Å². The number of phenolic OH excluding ortho intramolecular Hbond substituents is 1. The first-order valence-electron chi connectivity index (χ1n) is 7.39. The Morgan fingerprint density at radius 3 is 2.32 bits per heavy atom. The summed E-state index contributed by atoms with van der Waals surface area (Å²) in [5.41, 5.74) is 2.08. The van der Waals surface area contributed by atoms with Gasteiger partial charge in [0.1, 0.15) is 5.75 Å². The fourth-order valence-corrected chi connectivity index (χ4v) is 2.28. The maximum atomic E-state index is 12.0. The Labute approximate surface area is 130 Å².